The zero-order chi connectivity index (χ0) is 13.5. The van der Waals surface area contributed by atoms with E-state index in [4.69, 9.17) is 27.4 Å². The first kappa shape index (κ1) is 14.7. The first-order valence-corrected chi connectivity index (χ1v) is 6.22. The van der Waals surface area contributed by atoms with Gasteiger partial charge in [0.05, 0.1) is 7.11 Å². The van der Waals surface area contributed by atoms with Gasteiger partial charge in [-0.2, -0.15) is 0 Å². The van der Waals surface area contributed by atoms with Crippen LogP contribution in [0.2, 0.25) is 0 Å². The number of rotatable bonds is 7. The van der Waals surface area contributed by atoms with Gasteiger partial charge in [0.1, 0.15) is 10.7 Å². The molecule has 1 atom stereocenters. The van der Waals surface area contributed by atoms with Gasteiger partial charge in [-0.05, 0) is 25.5 Å². The van der Waals surface area contributed by atoms with Crippen molar-refractivity contribution in [3.63, 3.8) is 0 Å². The van der Waals surface area contributed by atoms with Crippen LogP contribution in [-0.4, -0.2) is 31.9 Å². The van der Waals surface area contributed by atoms with E-state index in [0.29, 0.717) is 11.6 Å². The molecule has 1 rings (SSSR count). The Morgan fingerprint density at radius 1 is 1.44 bits per heavy atom. The summed E-state index contributed by atoms with van der Waals surface area (Å²) in [5, 5.41) is 3.37. The van der Waals surface area contributed by atoms with Crippen molar-refractivity contribution < 1.29 is 9.47 Å². The Balaban J connectivity index is 2.86. The van der Waals surface area contributed by atoms with Crippen molar-refractivity contribution >= 4 is 22.9 Å². The highest BCUT2D eigenvalue weighted by Crippen LogP contribution is 2.23. The molecule has 0 aliphatic heterocycles. The van der Waals surface area contributed by atoms with E-state index >= 15 is 0 Å². The fourth-order valence-corrected chi connectivity index (χ4v) is 1.79. The van der Waals surface area contributed by atoms with Crippen molar-refractivity contribution in [2.45, 2.75) is 19.4 Å². The molecule has 0 aromatic heterocycles. The Morgan fingerprint density at radius 2 is 2.17 bits per heavy atom. The standard InChI is InChI=1S/C13H20N2O2S/c1-9(6-7-16-2)15-12-8-10(17-3)4-5-11(12)13(14)18/h4-5,8-9,15H,6-7H2,1-3H3,(H2,14,18). The number of benzene rings is 1. The zero-order valence-electron chi connectivity index (χ0n) is 11.0. The quantitative estimate of drug-likeness (QED) is 0.742. The first-order valence-electron chi connectivity index (χ1n) is 5.81. The number of hydrogen-bond donors (Lipinski definition) is 2. The van der Waals surface area contributed by atoms with Crippen LogP contribution >= 0.6 is 12.2 Å². The summed E-state index contributed by atoms with van der Waals surface area (Å²) in [6.07, 6.45) is 0.907. The van der Waals surface area contributed by atoms with E-state index in [1.165, 1.54) is 0 Å². The summed E-state index contributed by atoms with van der Waals surface area (Å²) in [6, 6.07) is 5.88. The van der Waals surface area contributed by atoms with E-state index in [1.807, 2.05) is 18.2 Å². The van der Waals surface area contributed by atoms with E-state index in [1.54, 1.807) is 14.2 Å². The van der Waals surface area contributed by atoms with Crippen LogP contribution in [0.1, 0.15) is 18.9 Å². The molecule has 0 radical (unpaired) electrons. The van der Waals surface area contributed by atoms with Crippen molar-refractivity contribution in [2.75, 3.05) is 26.1 Å². The van der Waals surface area contributed by atoms with Gasteiger partial charge in [-0.25, -0.2) is 0 Å². The van der Waals surface area contributed by atoms with E-state index in [2.05, 4.69) is 12.2 Å². The summed E-state index contributed by atoms with van der Waals surface area (Å²) in [7, 11) is 3.33. The normalized spacial score (nSPS) is 11.9. The van der Waals surface area contributed by atoms with Crippen LogP contribution in [0.3, 0.4) is 0 Å². The summed E-state index contributed by atoms with van der Waals surface area (Å²) in [5.41, 5.74) is 7.43. The Kier molecular flexibility index (Phi) is 5.88. The molecule has 0 aliphatic carbocycles. The number of nitrogens with two attached hydrogens (primary N) is 1. The third-order valence-corrected chi connectivity index (χ3v) is 2.87. The molecule has 18 heavy (non-hydrogen) atoms. The van der Waals surface area contributed by atoms with Gasteiger partial charge in [0.15, 0.2) is 0 Å². The molecule has 0 amide bonds. The van der Waals surface area contributed by atoms with Crippen molar-refractivity contribution in [3.05, 3.63) is 23.8 Å². The topological polar surface area (TPSA) is 56.5 Å². The Hall–Kier alpha value is -1.33. The Labute approximate surface area is 113 Å². The molecule has 1 aromatic carbocycles. The minimum atomic E-state index is 0.269. The molecular formula is C13H20N2O2S. The fourth-order valence-electron chi connectivity index (χ4n) is 1.62. The molecule has 3 N–H and O–H groups in total. The lowest BCUT2D eigenvalue weighted by molar-refractivity contribution is 0.191. The molecule has 1 unspecified atom stereocenters. The van der Waals surface area contributed by atoms with E-state index in [-0.39, 0.29) is 6.04 Å². The maximum absolute atomic E-state index is 5.71. The summed E-state index contributed by atoms with van der Waals surface area (Å²) in [4.78, 5) is 0.374. The van der Waals surface area contributed by atoms with Crippen LogP contribution in [0.4, 0.5) is 5.69 Å². The molecule has 100 valence electrons. The summed E-state index contributed by atoms with van der Waals surface area (Å²) >= 11 is 5.04. The highest BCUT2D eigenvalue weighted by Gasteiger charge is 2.09. The second-order valence-corrected chi connectivity index (χ2v) is 4.54. The number of thiocarbonyl (C=S) groups is 1. The van der Waals surface area contributed by atoms with E-state index < -0.39 is 0 Å². The highest BCUT2D eigenvalue weighted by molar-refractivity contribution is 7.80. The van der Waals surface area contributed by atoms with Crippen molar-refractivity contribution in [3.8, 4) is 5.75 Å². The smallest absolute Gasteiger partial charge is 0.120 e. The van der Waals surface area contributed by atoms with Gasteiger partial charge in [0.2, 0.25) is 0 Å². The van der Waals surface area contributed by atoms with Crippen molar-refractivity contribution in [1.82, 2.24) is 0 Å². The Bertz CT molecular complexity index is 410. The minimum absolute atomic E-state index is 0.269. The average Bonchev–Trinajstić information content (AvgIpc) is 2.35. The Morgan fingerprint density at radius 3 is 2.72 bits per heavy atom. The van der Waals surface area contributed by atoms with Gasteiger partial charge < -0.3 is 20.5 Å². The van der Waals surface area contributed by atoms with Crippen LogP contribution in [0.5, 0.6) is 5.75 Å². The molecule has 0 spiro atoms. The molecule has 0 saturated carbocycles. The van der Waals surface area contributed by atoms with Gasteiger partial charge in [-0.15, -0.1) is 0 Å². The maximum Gasteiger partial charge on any atom is 0.120 e. The molecule has 0 fully saturated rings. The van der Waals surface area contributed by atoms with Crippen LogP contribution < -0.4 is 15.8 Å². The molecule has 1 aromatic rings. The summed E-state index contributed by atoms with van der Waals surface area (Å²) in [5.74, 6) is 0.774. The molecule has 5 heteroatoms. The fraction of sp³-hybridized carbons (Fsp3) is 0.462. The number of nitrogens with one attached hydrogen (secondary N) is 1. The predicted octanol–water partition coefficient (Wildman–Crippen LogP) is 2.17. The lowest BCUT2D eigenvalue weighted by atomic mass is 10.1. The van der Waals surface area contributed by atoms with Gasteiger partial charge >= 0.3 is 0 Å². The van der Waals surface area contributed by atoms with Gasteiger partial charge in [0.25, 0.3) is 0 Å². The molecule has 0 heterocycles. The second kappa shape index (κ2) is 7.18. The molecule has 4 nitrogen and oxygen atoms in total. The number of methoxy groups -OCH3 is 2. The van der Waals surface area contributed by atoms with E-state index in [9.17, 15) is 0 Å². The predicted molar refractivity (Wildman–Crippen MR) is 78.5 cm³/mol. The number of anilines is 1. The third kappa shape index (κ3) is 4.16. The zero-order valence-corrected chi connectivity index (χ0v) is 11.8. The largest absolute Gasteiger partial charge is 0.497 e. The van der Waals surface area contributed by atoms with Crippen molar-refractivity contribution in [2.24, 2.45) is 5.73 Å². The van der Waals surface area contributed by atoms with Crippen LogP contribution in [-0.2, 0) is 4.74 Å². The summed E-state index contributed by atoms with van der Waals surface area (Å²) in [6.45, 7) is 2.79. The lowest BCUT2D eigenvalue weighted by Crippen LogP contribution is -2.20. The van der Waals surface area contributed by atoms with Crippen LogP contribution in [0, 0.1) is 0 Å². The van der Waals surface area contributed by atoms with Gasteiger partial charge in [-0.3, -0.25) is 0 Å². The number of hydrogen-bond acceptors (Lipinski definition) is 4. The lowest BCUT2D eigenvalue weighted by Gasteiger charge is -2.18. The summed E-state index contributed by atoms with van der Waals surface area (Å²) < 4.78 is 10.3. The highest BCUT2D eigenvalue weighted by atomic mass is 32.1. The molecule has 0 aliphatic rings. The molecular weight excluding hydrogens is 248 g/mol. The number of ether oxygens (including phenoxy) is 2. The van der Waals surface area contributed by atoms with Gasteiger partial charge in [0, 0.05) is 37.1 Å². The molecule has 0 bridgehead atoms. The minimum Gasteiger partial charge on any atom is -0.497 e. The maximum atomic E-state index is 5.71. The second-order valence-electron chi connectivity index (χ2n) is 4.10. The SMILES string of the molecule is COCCC(C)Nc1cc(OC)ccc1C(N)=S. The molecule has 0 saturated heterocycles. The van der Waals surface area contributed by atoms with Crippen LogP contribution in [0.25, 0.3) is 0 Å². The van der Waals surface area contributed by atoms with Crippen LogP contribution in [0.15, 0.2) is 18.2 Å². The van der Waals surface area contributed by atoms with Gasteiger partial charge in [-0.1, -0.05) is 12.2 Å². The van der Waals surface area contributed by atoms with E-state index in [0.717, 1.165) is 23.4 Å². The average molecular weight is 268 g/mol. The third-order valence-electron chi connectivity index (χ3n) is 2.65. The first-order chi connectivity index (χ1) is 8.58. The van der Waals surface area contributed by atoms with Crippen molar-refractivity contribution in [1.29, 1.82) is 0 Å². The monoisotopic (exact) mass is 268 g/mol.